The fraction of sp³-hybridized carbons (Fsp3) is 0.600. The Morgan fingerprint density at radius 1 is 1.60 bits per heavy atom. The molecule has 0 bridgehead atoms. The van der Waals surface area contributed by atoms with Crippen LogP contribution in [0.3, 0.4) is 0 Å². The van der Waals surface area contributed by atoms with Gasteiger partial charge in [0, 0.05) is 18.9 Å². The topological polar surface area (TPSA) is 72.9 Å². The number of amides is 1. The molecule has 1 amide bonds. The van der Waals surface area contributed by atoms with Crippen molar-refractivity contribution in [2.75, 3.05) is 6.54 Å². The summed E-state index contributed by atoms with van der Waals surface area (Å²) in [5, 5.41) is 3.11. The van der Waals surface area contributed by atoms with Crippen LogP contribution in [0.1, 0.15) is 20.3 Å². The lowest BCUT2D eigenvalue weighted by Gasteiger charge is -2.22. The lowest BCUT2D eigenvalue weighted by atomic mass is 10.1. The summed E-state index contributed by atoms with van der Waals surface area (Å²) in [7, 11) is 0. The van der Waals surface area contributed by atoms with E-state index in [2.05, 4.69) is 10.3 Å². The largest absolute Gasteiger partial charge is 0.368 e. The number of rotatable bonds is 6. The first-order chi connectivity index (χ1) is 7.02. The summed E-state index contributed by atoms with van der Waals surface area (Å²) in [6.45, 7) is 5.22. The molecule has 1 rings (SSSR count). The van der Waals surface area contributed by atoms with E-state index in [1.807, 2.05) is 10.8 Å². The Morgan fingerprint density at radius 3 is 2.87 bits per heavy atom. The third-order valence-corrected chi connectivity index (χ3v) is 2.34. The number of imidazole rings is 1. The third-order valence-electron chi connectivity index (χ3n) is 2.34. The monoisotopic (exact) mass is 210 g/mol. The second-order valence-electron chi connectivity index (χ2n) is 4.07. The Hall–Kier alpha value is -1.36. The predicted octanol–water partition coefficient (Wildman–Crippen LogP) is 0.127. The molecule has 0 saturated carbocycles. The fourth-order valence-corrected chi connectivity index (χ4v) is 1.17. The van der Waals surface area contributed by atoms with Crippen LogP contribution in [0.2, 0.25) is 0 Å². The summed E-state index contributed by atoms with van der Waals surface area (Å²) in [5.41, 5.74) is 4.60. The van der Waals surface area contributed by atoms with Gasteiger partial charge < -0.3 is 15.6 Å². The molecule has 0 spiro atoms. The summed E-state index contributed by atoms with van der Waals surface area (Å²) in [6, 6.07) is 0. The lowest BCUT2D eigenvalue weighted by molar-refractivity contribution is -0.123. The van der Waals surface area contributed by atoms with Crippen LogP contribution >= 0.6 is 0 Å². The van der Waals surface area contributed by atoms with Crippen LogP contribution in [-0.2, 0) is 11.3 Å². The molecule has 5 heteroatoms. The van der Waals surface area contributed by atoms with E-state index in [1.54, 1.807) is 26.4 Å². The number of hydrogen-bond acceptors (Lipinski definition) is 3. The van der Waals surface area contributed by atoms with Crippen LogP contribution in [0.4, 0.5) is 0 Å². The molecule has 3 N–H and O–H groups in total. The smallest absolute Gasteiger partial charge is 0.237 e. The van der Waals surface area contributed by atoms with Gasteiger partial charge in [-0.25, -0.2) is 4.98 Å². The minimum atomic E-state index is -0.630. The van der Waals surface area contributed by atoms with Gasteiger partial charge in [-0.15, -0.1) is 0 Å². The fourth-order valence-electron chi connectivity index (χ4n) is 1.17. The highest BCUT2D eigenvalue weighted by Crippen LogP contribution is 2.00. The van der Waals surface area contributed by atoms with Crippen LogP contribution < -0.4 is 11.1 Å². The number of aromatic nitrogens is 2. The van der Waals surface area contributed by atoms with E-state index in [1.165, 1.54) is 0 Å². The van der Waals surface area contributed by atoms with Gasteiger partial charge in [0.15, 0.2) is 0 Å². The second kappa shape index (κ2) is 4.93. The number of hydrogen-bond donors (Lipinski definition) is 2. The predicted molar refractivity (Wildman–Crippen MR) is 58.1 cm³/mol. The Balaban J connectivity index is 2.19. The van der Waals surface area contributed by atoms with Crippen LogP contribution in [0.15, 0.2) is 18.7 Å². The number of carbonyl (C=O) groups excluding carboxylic acids is 1. The summed E-state index contributed by atoms with van der Waals surface area (Å²) in [5.74, 6) is -0.329. The van der Waals surface area contributed by atoms with Crippen LogP contribution in [0.5, 0.6) is 0 Å². The molecule has 0 fully saturated rings. The maximum atomic E-state index is 11.0. The first-order valence-electron chi connectivity index (χ1n) is 5.03. The molecular formula is C10H18N4O. The van der Waals surface area contributed by atoms with Crippen molar-refractivity contribution < 1.29 is 4.79 Å². The van der Waals surface area contributed by atoms with E-state index < -0.39 is 5.54 Å². The normalized spacial score (nSPS) is 11.6. The molecule has 84 valence electrons. The van der Waals surface area contributed by atoms with Crippen LogP contribution in [-0.4, -0.2) is 27.5 Å². The Labute approximate surface area is 89.7 Å². The van der Waals surface area contributed by atoms with Crippen molar-refractivity contribution in [1.82, 2.24) is 14.9 Å². The number of carbonyl (C=O) groups is 1. The molecule has 0 radical (unpaired) electrons. The zero-order chi connectivity index (χ0) is 11.3. The minimum Gasteiger partial charge on any atom is -0.368 e. The van der Waals surface area contributed by atoms with Crippen molar-refractivity contribution in [2.24, 2.45) is 5.73 Å². The molecular weight excluding hydrogens is 192 g/mol. The highest BCUT2D eigenvalue weighted by molar-refractivity contribution is 5.83. The molecule has 0 aliphatic carbocycles. The highest BCUT2D eigenvalue weighted by Gasteiger charge is 2.22. The Kier molecular flexibility index (Phi) is 3.85. The Bertz CT molecular complexity index is 305. The summed E-state index contributed by atoms with van der Waals surface area (Å²) >= 11 is 0. The van der Waals surface area contributed by atoms with E-state index in [0.717, 1.165) is 19.5 Å². The van der Waals surface area contributed by atoms with Gasteiger partial charge in [-0.05, 0) is 26.8 Å². The number of primary amides is 1. The van der Waals surface area contributed by atoms with Gasteiger partial charge in [-0.2, -0.15) is 0 Å². The van der Waals surface area contributed by atoms with E-state index in [9.17, 15) is 4.79 Å². The standard InChI is InChI=1S/C10H18N4O/c1-10(2,9(11)15)13-4-3-6-14-7-5-12-8-14/h5,7-8,13H,3-4,6H2,1-2H3,(H2,11,15). The lowest BCUT2D eigenvalue weighted by Crippen LogP contribution is -2.50. The van der Waals surface area contributed by atoms with Gasteiger partial charge in [0.05, 0.1) is 11.9 Å². The number of nitrogens with one attached hydrogen (secondary N) is 1. The van der Waals surface area contributed by atoms with Gasteiger partial charge in [-0.1, -0.05) is 0 Å². The zero-order valence-electron chi connectivity index (χ0n) is 9.23. The number of aryl methyl sites for hydroxylation is 1. The first kappa shape index (κ1) is 11.7. The van der Waals surface area contributed by atoms with E-state index in [4.69, 9.17) is 5.73 Å². The van der Waals surface area contributed by atoms with Crippen molar-refractivity contribution in [3.05, 3.63) is 18.7 Å². The molecule has 0 aromatic carbocycles. The SMILES string of the molecule is CC(C)(NCCCn1ccnc1)C(N)=O. The van der Waals surface area contributed by atoms with Gasteiger partial charge >= 0.3 is 0 Å². The molecule has 0 aliphatic rings. The zero-order valence-corrected chi connectivity index (χ0v) is 9.23. The summed E-state index contributed by atoms with van der Waals surface area (Å²) < 4.78 is 2.00. The highest BCUT2D eigenvalue weighted by atomic mass is 16.1. The van der Waals surface area contributed by atoms with Gasteiger partial charge in [-0.3, -0.25) is 4.79 Å². The average Bonchev–Trinajstić information content (AvgIpc) is 2.64. The molecule has 0 unspecified atom stereocenters. The molecule has 0 aliphatic heterocycles. The quantitative estimate of drug-likeness (QED) is 0.655. The Morgan fingerprint density at radius 2 is 2.33 bits per heavy atom. The summed E-state index contributed by atoms with van der Waals surface area (Å²) in [6.07, 6.45) is 6.38. The molecule has 15 heavy (non-hydrogen) atoms. The van der Waals surface area contributed by atoms with E-state index >= 15 is 0 Å². The number of nitrogens with zero attached hydrogens (tertiary/aromatic N) is 2. The maximum Gasteiger partial charge on any atom is 0.237 e. The van der Waals surface area contributed by atoms with E-state index in [-0.39, 0.29) is 5.91 Å². The molecule has 1 heterocycles. The van der Waals surface area contributed by atoms with Gasteiger partial charge in [0.1, 0.15) is 0 Å². The van der Waals surface area contributed by atoms with Crippen molar-refractivity contribution in [1.29, 1.82) is 0 Å². The molecule has 1 aromatic heterocycles. The van der Waals surface area contributed by atoms with Crippen molar-refractivity contribution in [3.8, 4) is 0 Å². The van der Waals surface area contributed by atoms with Gasteiger partial charge in [0.2, 0.25) is 5.91 Å². The third kappa shape index (κ3) is 3.71. The molecule has 0 saturated heterocycles. The summed E-state index contributed by atoms with van der Waals surface area (Å²) in [4.78, 5) is 14.9. The molecule has 1 aromatic rings. The average molecular weight is 210 g/mol. The van der Waals surface area contributed by atoms with Crippen LogP contribution in [0, 0.1) is 0 Å². The van der Waals surface area contributed by atoms with Crippen molar-refractivity contribution in [3.63, 3.8) is 0 Å². The maximum absolute atomic E-state index is 11.0. The first-order valence-corrected chi connectivity index (χ1v) is 5.03. The second-order valence-corrected chi connectivity index (χ2v) is 4.07. The van der Waals surface area contributed by atoms with Gasteiger partial charge in [0.25, 0.3) is 0 Å². The molecule has 0 atom stereocenters. The number of nitrogens with two attached hydrogens (primary N) is 1. The van der Waals surface area contributed by atoms with Crippen LogP contribution in [0.25, 0.3) is 0 Å². The molecule has 5 nitrogen and oxygen atoms in total. The van der Waals surface area contributed by atoms with Crippen molar-refractivity contribution in [2.45, 2.75) is 32.4 Å². The van der Waals surface area contributed by atoms with Crippen molar-refractivity contribution >= 4 is 5.91 Å². The van der Waals surface area contributed by atoms with E-state index in [0.29, 0.717) is 0 Å². The minimum absolute atomic E-state index is 0.329.